The number of nitrogens with zero attached hydrogens (tertiary/aromatic N) is 4. The third-order valence-electron chi connectivity index (χ3n) is 5.35. The van der Waals surface area contributed by atoms with Crippen molar-refractivity contribution in [3.05, 3.63) is 54.7 Å². The number of hydrogen-bond donors (Lipinski definition) is 0. The van der Waals surface area contributed by atoms with Crippen LogP contribution in [0, 0.1) is 0 Å². The first-order chi connectivity index (χ1) is 13.2. The Balaban J connectivity index is 1.65. The quantitative estimate of drug-likeness (QED) is 0.753. The molecule has 1 aromatic heterocycles. The molecule has 0 radical (unpaired) electrons. The normalized spacial score (nSPS) is 16.1. The van der Waals surface area contributed by atoms with E-state index in [1.54, 1.807) is 6.20 Å². The van der Waals surface area contributed by atoms with Crippen molar-refractivity contribution < 1.29 is 4.79 Å². The zero-order chi connectivity index (χ0) is 19.1. The molecule has 1 aromatic carbocycles. The van der Waals surface area contributed by atoms with Crippen molar-refractivity contribution in [2.75, 3.05) is 42.5 Å². The minimum absolute atomic E-state index is 0.134. The van der Waals surface area contributed by atoms with Crippen molar-refractivity contribution in [2.45, 2.75) is 32.7 Å². The van der Waals surface area contributed by atoms with Gasteiger partial charge in [0, 0.05) is 57.1 Å². The van der Waals surface area contributed by atoms with Gasteiger partial charge in [-0.2, -0.15) is 0 Å². The van der Waals surface area contributed by atoms with E-state index in [2.05, 4.69) is 52.0 Å². The van der Waals surface area contributed by atoms with Crippen LogP contribution in [0.5, 0.6) is 0 Å². The first-order valence-electron chi connectivity index (χ1n) is 9.98. The van der Waals surface area contributed by atoms with Crippen molar-refractivity contribution >= 4 is 17.4 Å². The number of carbonyl (C=O) groups is 1. The van der Waals surface area contributed by atoms with Crippen LogP contribution < -0.4 is 9.80 Å². The topological polar surface area (TPSA) is 39.7 Å². The molecule has 5 nitrogen and oxygen atoms in total. The van der Waals surface area contributed by atoms with Gasteiger partial charge in [0.05, 0.1) is 0 Å². The predicted molar refractivity (Wildman–Crippen MR) is 111 cm³/mol. The lowest BCUT2D eigenvalue weighted by Crippen LogP contribution is -2.54. The average Bonchev–Trinajstić information content (AvgIpc) is 2.75. The van der Waals surface area contributed by atoms with Gasteiger partial charge in [0.2, 0.25) is 5.91 Å². The minimum atomic E-state index is 0.134. The fourth-order valence-electron chi connectivity index (χ4n) is 3.72. The van der Waals surface area contributed by atoms with E-state index >= 15 is 0 Å². The van der Waals surface area contributed by atoms with Crippen LogP contribution in [0.3, 0.4) is 0 Å². The molecule has 144 valence electrons. The average molecular weight is 367 g/mol. The van der Waals surface area contributed by atoms with Gasteiger partial charge < -0.3 is 4.90 Å². The van der Waals surface area contributed by atoms with E-state index in [1.165, 1.54) is 5.69 Å². The summed E-state index contributed by atoms with van der Waals surface area (Å²) in [4.78, 5) is 23.8. The highest BCUT2D eigenvalue weighted by Crippen LogP contribution is 2.19. The summed E-state index contributed by atoms with van der Waals surface area (Å²) in [5.41, 5.74) is 1.29. The maximum Gasteiger partial charge on any atom is 0.227 e. The van der Waals surface area contributed by atoms with Crippen molar-refractivity contribution in [2.24, 2.45) is 0 Å². The number of benzene rings is 1. The zero-order valence-corrected chi connectivity index (χ0v) is 16.4. The van der Waals surface area contributed by atoms with Crippen LogP contribution in [0.25, 0.3) is 0 Å². The molecule has 1 atom stereocenters. The van der Waals surface area contributed by atoms with Gasteiger partial charge in [-0.1, -0.05) is 38.1 Å². The van der Waals surface area contributed by atoms with Crippen LogP contribution in [0.1, 0.15) is 26.7 Å². The van der Waals surface area contributed by atoms with Gasteiger partial charge in [-0.25, -0.2) is 4.98 Å². The first kappa shape index (κ1) is 19.4. The standard InChI is InChI=1S/C22H30N4O/c1-3-19(18-26(22(27)4-2)21-12-8-9-13-23-21)24-14-16-25(17-15-24)20-10-6-5-7-11-20/h5-13,19H,3-4,14-18H2,1-2H3. The number of hydrogen-bond acceptors (Lipinski definition) is 4. The fraction of sp³-hybridized carbons (Fsp3) is 0.455. The number of para-hydroxylation sites is 1. The van der Waals surface area contributed by atoms with E-state index in [0.717, 1.165) is 38.4 Å². The predicted octanol–water partition coefficient (Wildman–Crippen LogP) is 3.43. The van der Waals surface area contributed by atoms with Crippen LogP contribution in [0.2, 0.25) is 0 Å². The largest absolute Gasteiger partial charge is 0.369 e. The van der Waals surface area contributed by atoms with Crippen LogP contribution >= 0.6 is 0 Å². The van der Waals surface area contributed by atoms with E-state index < -0.39 is 0 Å². The molecule has 1 unspecified atom stereocenters. The molecule has 1 aliphatic heterocycles. The number of piperazine rings is 1. The third-order valence-corrected chi connectivity index (χ3v) is 5.35. The first-order valence-corrected chi connectivity index (χ1v) is 9.98. The van der Waals surface area contributed by atoms with Crippen LogP contribution in [0.15, 0.2) is 54.7 Å². The molecular formula is C22H30N4O. The van der Waals surface area contributed by atoms with E-state index in [-0.39, 0.29) is 5.91 Å². The molecule has 27 heavy (non-hydrogen) atoms. The summed E-state index contributed by atoms with van der Waals surface area (Å²) in [6.45, 7) is 8.90. The number of rotatable bonds is 7. The molecule has 0 saturated carbocycles. The van der Waals surface area contributed by atoms with Crippen LogP contribution in [0.4, 0.5) is 11.5 Å². The number of anilines is 2. The Bertz CT molecular complexity index is 699. The molecule has 3 rings (SSSR count). The summed E-state index contributed by atoms with van der Waals surface area (Å²) in [5.74, 6) is 0.890. The number of amides is 1. The molecule has 0 spiro atoms. The van der Waals surface area contributed by atoms with E-state index in [1.807, 2.05) is 30.0 Å². The Morgan fingerprint density at radius 1 is 1.04 bits per heavy atom. The summed E-state index contributed by atoms with van der Waals surface area (Å²) in [6, 6.07) is 16.7. The Morgan fingerprint density at radius 3 is 2.33 bits per heavy atom. The fourth-order valence-corrected chi connectivity index (χ4v) is 3.72. The lowest BCUT2D eigenvalue weighted by molar-refractivity contribution is -0.118. The highest BCUT2D eigenvalue weighted by Gasteiger charge is 2.27. The second-order valence-corrected chi connectivity index (χ2v) is 6.97. The zero-order valence-electron chi connectivity index (χ0n) is 16.4. The Hall–Kier alpha value is -2.40. The highest BCUT2D eigenvalue weighted by molar-refractivity contribution is 5.92. The van der Waals surface area contributed by atoms with Gasteiger partial charge in [-0.3, -0.25) is 14.6 Å². The van der Waals surface area contributed by atoms with Gasteiger partial charge >= 0.3 is 0 Å². The summed E-state index contributed by atoms with van der Waals surface area (Å²) < 4.78 is 0. The lowest BCUT2D eigenvalue weighted by Gasteiger charge is -2.41. The van der Waals surface area contributed by atoms with Gasteiger partial charge in [0.15, 0.2) is 0 Å². The summed E-state index contributed by atoms with van der Waals surface area (Å²) in [6.07, 6.45) is 3.27. The Morgan fingerprint density at radius 2 is 1.74 bits per heavy atom. The summed E-state index contributed by atoms with van der Waals surface area (Å²) in [5, 5.41) is 0. The summed E-state index contributed by atoms with van der Waals surface area (Å²) in [7, 11) is 0. The van der Waals surface area contributed by atoms with Gasteiger partial charge in [-0.05, 0) is 30.7 Å². The molecule has 2 aromatic rings. The SMILES string of the molecule is CCC(=O)N(CC(CC)N1CCN(c2ccccc2)CC1)c1ccccn1. The molecule has 1 fully saturated rings. The Labute approximate surface area is 162 Å². The number of aromatic nitrogens is 1. The second-order valence-electron chi connectivity index (χ2n) is 6.97. The molecule has 2 heterocycles. The smallest absolute Gasteiger partial charge is 0.227 e. The van der Waals surface area contributed by atoms with Gasteiger partial charge in [-0.15, -0.1) is 0 Å². The summed E-state index contributed by atoms with van der Waals surface area (Å²) >= 11 is 0. The maximum absolute atomic E-state index is 12.5. The molecule has 0 aliphatic carbocycles. The number of carbonyl (C=O) groups excluding carboxylic acids is 1. The molecule has 0 bridgehead atoms. The van der Waals surface area contributed by atoms with Gasteiger partial charge in [0.1, 0.15) is 5.82 Å². The maximum atomic E-state index is 12.5. The molecule has 1 saturated heterocycles. The van der Waals surface area contributed by atoms with Crippen LogP contribution in [-0.2, 0) is 4.79 Å². The van der Waals surface area contributed by atoms with Crippen molar-refractivity contribution in [1.82, 2.24) is 9.88 Å². The number of pyridine rings is 1. The lowest BCUT2D eigenvalue weighted by atomic mass is 10.1. The molecular weight excluding hydrogens is 336 g/mol. The second kappa shape index (κ2) is 9.51. The third kappa shape index (κ3) is 4.86. The molecule has 5 heteroatoms. The van der Waals surface area contributed by atoms with E-state index in [0.29, 0.717) is 19.0 Å². The minimum Gasteiger partial charge on any atom is -0.369 e. The molecule has 1 amide bonds. The van der Waals surface area contributed by atoms with Crippen molar-refractivity contribution in [3.8, 4) is 0 Å². The molecule has 0 N–H and O–H groups in total. The highest BCUT2D eigenvalue weighted by atomic mass is 16.2. The molecule has 1 aliphatic rings. The van der Waals surface area contributed by atoms with E-state index in [4.69, 9.17) is 0 Å². The monoisotopic (exact) mass is 366 g/mol. The van der Waals surface area contributed by atoms with Crippen molar-refractivity contribution in [3.63, 3.8) is 0 Å². The van der Waals surface area contributed by atoms with Crippen LogP contribution in [-0.4, -0.2) is 54.6 Å². The van der Waals surface area contributed by atoms with E-state index in [9.17, 15) is 4.79 Å². The van der Waals surface area contributed by atoms with Gasteiger partial charge in [0.25, 0.3) is 0 Å². The Kier molecular flexibility index (Phi) is 6.82. The van der Waals surface area contributed by atoms with Crippen molar-refractivity contribution in [1.29, 1.82) is 0 Å².